The van der Waals surface area contributed by atoms with Crippen LogP contribution < -0.4 is 10.1 Å². The van der Waals surface area contributed by atoms with Gasteiger partial charge in [0.15, 0.2) is 5.16 Å². The van der Waals surface area contributed by atoms with Crippen molar-refractivity contribution in [2.75, 3.05) is 12.9 Å². The SMILES string of the molecule is COc1ccccc1CNC(=O)CCCCc1nnc(SCC2=CC(C)=CC(C)C2)n1CCc1ccccc1. The number of nitrogens with one attached hydrogen (secondary N) is 1. The van der Waals surface area contributed by atoms with Crippen LogP contribution in [-0.2, 0) is 30.7 Å². The van der Waals surface area contributed by atoms with Crippen molar-refractivity contribution in [2.24, 2.45) is 5.92 Å². The Kier molecular flexibility index (Phi) is 10.8. The first kappa shape index (κ1) is 28.7. The lowest BCUT2D eigenvalue weighted by molar-refractivity contribution is -0.121. The Hall–Kier alpha value is -3.32. The van der Waals surface area contributed by atoms with Gasteiger partial charge in [0, 0.05) is 37.2 Å². The molecule has 39 heavy (non-hydrogen) atoms. The molecule has 1 aliphatic rings. The molecule has 1 amide bonds. The van der Waals surface area contributed by atoms with Crippen molar-refractivity contribution in [1.29, 1.82) is 0 Å². The molecule has 1 aliphatic carbocycles. The van der Waals surface area contributed by atoms with Crippen LogP contribution in [0.4, 0.5) is 0 Å². The maximum Gasteiger partial charge on any atom is 0.220 e. The maximum absolute atomic E-state index is 12.4. The van der Waals surface area contributed by atoms with E-state index in [0.29, 0.717) is 18.9 Å². The lowest BCUT2D eigenvalue weighted by Gasteiger charge is -2.17. The fraction of sp³-hybridized carbons (Fsp3) is 0.406. The summed E-state index contributed by atoms with van der Waals surface area (Å²) in [5.41, 5.74) is 5.10. The van der Waals surface area contributed by atoms with Crippen LogP contribution in [0.5, 0.6) is 5.75 Å². The van der Waals surface area contributed by atoms with Gasteiger partial charge in [-0.3, -0.25) is 4.79 Å². The number of allylic oxidation sites excluding steroid dienone is 3. The average molecular weight is 545 g/mol. The smallest absolute Gasteiger partial charge is 0.220 e. The van der Waals surface area contributed by atoms with Crippen molar-refractivity contribution in [1.82, 2.24) is 20.1 Å². The number of carbonyl (C=O) groups excluding carboxylic acids is 1. The number of methoxy groups -OCH3 is 1. The molecular formula is C32H40N4O2S. The number of aryl methyl sites for hydroxylation is 2. The minimum atomic E-state index is 0.0574. The Bertz CT molecular complexity index is 1280. The van der Waals surface area contributed by atoms with Crippen LogP contribution in [0.2, 0.25) is 0 Å². The maximum atomic E-state index is 12.4. The molecule has 0 spiro atoms. The quantitative estimate of drug-likeness (QED) is 0.184. The molecule has 1 heterocycles. The third kappa shape index (κ3) is 8.85. The van der Waals surface area contributed by atoms with Crippen molar-refractivity contribution in [3.63, 3.8) is 0 Å². The van der Waals surface area contributed by atoms with Gasteiger partial charge in [-0.05, 0) is 50.2 Å². The van der Waals surface area contributed by atoms with Crippen molar-refractivity contribution >= 4 is 17.7 Å². The number of para-hydroxylation sites is 1. The van der Waals surface area contributed by atoms with Crippen LogP contribution in [0.1, 0.15) is 56.5 Å². The molecule has 6 nitrogen and oxygen atoms in total. The fourth-order valence-electron chi connectivity index (χ4n) is 5.03. The molecule has 4 rings (SSSR count). The van der Waals surface area contributed by atoms with E-state index in [1.807, 2.05) is 24.3 Å². The summed E-state index contributed by atoms with van der Waals surface area (Å²) in [5, 5.41) is 13.2. The van der Waals surface area contributed by atoms with Gasteiger partial charge in [0.1, 0.15) is 11.6 Å². The number of hydrogen-bond acceptors (Lipinski definition) is 5. The van der Waals surface area contributed by atoms with Gasteiger partial charge >= 0.3 is 0 Å². The molecule has 0 aliphatic heterocycles. The van der Waals surface area contributed by atoms with E-state index in [4.69, 9.17) is 4.74 Å². The summed E-state index contributed by atoms with van der Waals surface area (Å²) in [5.74, 6) is 3.38. The number of aromatic nitrogens is 3. The number of unbranched alkanes of at least 4 members (excludes halogenated alkanes) is 1. The number of nitrogens with zero attached hydrogens (tertiary/aromatic N) is 3. The number of amides is 1. The summed E-state index contributed by atoms with van der Waals surface area (Å²) in [6.07, 6.45) is 9.70. The van der Waals surface area contributed by atoms with E-state index in [1.54, 1.807) is 18.9 Å². The van der Waals surface area contributed by atoms with Gasteiger partial charge < -0.3 is 14.6 Å². The summed E-state index contributed by atoms with van der Waals surface area (Å²) in [6.45, 7) is 5.78. The van der Waals surface area contributed by atoms with Crippen molar-refractivity contribution in [3.8, 4) is 5.75 Å². The Balaban J connectivity index is 1.31. The molecular weight excluding hydrogens is 504 g/mol. The minimum Gasteiger partial charge on any atom is -0.496 e. The van der Waals surface area contributed by atoms with Crippen LogP contribution in [-0.4, -0.2) is 33.5 Å². The van der Waals surface area contributed by atoms with E-state index in [-0.39, 0.29) is 5.91 Å². The summed E-state index contributed by atoms with van der Waals surface area (Å²) in [4.78, 5) is 12.4. The van der Waals surface area contributed by atoms with E-state index in [1.165, 1.54) is 16.7 Å². The third-order valence-electron chi connectivity index (χ3n) is 6.93. The molecule has 2 aromatic carbocycles. The van der Waals surface area contributed by atoms with Crippen molar-refractivity contribution < 1.29 is 9.53 Å². The van der Waals surface area contributed by atoms with Crippen LogP contribution in [0, 0.1) is 5.92 Å². The molecule has 1 N–H and O–H groups in total. The number of benzene rings is 2. The number of carbonyl (C=O) groups is 1. The second-order valence-corrected chi connectivity index (χ2v) is 11.2. The van der Waals surface area contributed by atoms with Crippen LogP contribution in [0.25, 0.3) is 0 Å². The molecule has 1 atom stereocenters. The fourth-order valence-corrected chi connectivity index (χ4v) is 6.00. The number of thioether (sulfide) groups is 1. The third-order valence-corrected chi connectivity index (χ3v) is 8.01. The second-order valence-electron chi connectivity index (χ2n) is 10.3. The van der Waals surface area contributed by atoms with Gasteiger partial charge in [0.2, 0.25) is 5.91 Å². The molecule has 206 valence electrons. The first-order valence-electron chi connectivity index (χ1n) is 13.9. The van der Waals surface area contributed by atoms with Gasteiger partial charge in [-0.25, -0.2) is 0 Å². The average Bonchev–Trinajstić information content (AvgIpc) is 3.33. The lowest BCUT2D eigenvalue weighted by atomic mass is 9.93. The predicted octanol–water partition coefficient (Wildman–Crippen LogP) is 6.56. The standard InChI is InChI=1S/C32H40N4O2S/c1-24-19-25(2)21-27(20-24)23-39-32-35-34-30(36(32)18-17-26-11-5-4-6-12-26)15-9-10-16-31(37)33-22-28-13-7-8-14-29(28)38-3/h4-8,11-14,19-20,25H,9-10,15-18,21-23H2,1-3H3,(H,33,37). The lowest BCUT2D eigenvalue weighted by Crippen LogP contribution is -2.22. The number of ether oxygens (including phenoxy) is 1. The minimum absolute atomic E-state index is 0.0574. The highest BCUT2D eigenvalue weighted by molar-refractivity contribution is 7.99. The Labute approximate surface area is 237 Å². The van der Waals surface area contributed by atoms with E-state index >= 15 is 0 Å². The first-order valence-corrected chi connectivity index (χ1v) is 14.9. The highest BCUT2D eigenvalue weighted by Gasteiger charge is 2.16. The van der Waals surface area contributed by atoms with E-state index in [9.17, 15) is 4.79 Å². The molecule has 0 bridgehead atoms. The Morgan fingerprint density at radius 2 is 1.87 bits per heavy atom. The molecule has 7 heteroatoms. The van der Waals surface area contributed by atoms with Gasteiger partial charge in [0.25, 0.3) is 0 Å². The van der Waals surface area contributed by atoms with Gasteiger partial charge in [-0.2, -0.15) is 0 Å². The normalized spacial score (nSPS) is 15.0. The van der Waals surface area contributed by atoms with Gasteiger partial charge in [-0.1, -0.05) is 90.5 Å². The Morgan fingerprint density at radius 1 is 1.08 bits per heavy atom. The van der Waals surface area contributed by atoms with Crippen LogP contribution >= 0.6 is 11.8 Å². The predicted molar refractivity (Wildman–Crippen MR) is 159 cm³/mol. The summed E-state index contributed by atoms with van der Waals surface area (Å²) in [6, 6.07) is 18.3. The zero-order valence-electron chi connectivity index (χ0n) is 23.4. The van der Waals surface area contributed by atoms with Gasteiger partial charge in [0.05, 0.1) is 7.11 Å². The molecule has 0 radical (unpaired) electrons. The van der Waals surface area contributed by atoms with E-state index in [2.05, 4.69) is 76.4 Å². The molecule has 0 saturated heterocycles. The van der Waals surface area contributed by atoms with Crippen molar-refractivity contribution in [2.45, 2.75) is 70.6 Å². The molecule has 3 aromatic rings. The molecule has 1 aromatic heterocycles. The topological polar surface area (TPSA) is 69.0 Å². The highest BCUT2D eigenvalue weighted by atomic mass is 32.2. The second kappa shape index (κ2) is 14.7. The summed E-state index contributed by atoms with van der Waals surface area (Å²) < 4.78 is 7.66. The largest absolute Gasteiger partial charge is 0.496 e. The first-order chi connectivity index (χ1) is 19.0. The zero-order chi connectivity index (χ0) is 27.5. The molecule has 1 unspecified atom stereocenters. The monoisotopic (exact) mass is 544 g/mol. The Morgan fingerprint density at radius 3 is 2.67 bits per heavy atom. The van der Waals surface area contributed by atoms with E-state index in [0.717, 1.165) is 66.7 Å². The van der Waals surface area contributed by atoms with Gasteiger partial charge in [-0.15, -0.1) is 10.2 Å². The highest BCUT2D eigenvalue weighted by Crippen LogP contribution is 2.28. The van der Waals surface area contributed by atoms with Crippen molar-refractivity contribution in [3.05, 3.63) is 94.8 Å². The van der Waals surface area contributed by atoms with E-state index < -0.39 is 0 Å². The molecule has 0 fully saturated rings. The molecule has 0 saturated carbocycles. The van der Waals surface area contributed by atoms with Crippen LogP contribution in [0.15, 0.2) is 83.1 Å². The zero-order valence-corrected chi connectivity index (χ0v) is 24.2. The summed E-state index contributed by atoms with van der Waals surface area (Å²) >= 11 is 1.78. The number of rotatable bonds is 14. The summed E-state index contributed by atoms with van der Waals surface area (Å²) in [7, 11) is 1.65. The number of hydrogen-bond donors (Lipinski definition) is 1. The van der Waals surface area contributed by atoms with Crippen LogP contribution in [0.3, 0.4) is 0 Å².